The van der Waals surface area contributed by atoms with Gasteiger partial charge in [0.2, 0.25) is 11.8 Å². The molecule has 0 amide bonds. The fourth-order valence-electron chi connectivity index (χ4n) is 8.25. The lowest BCUT2D eigenvalue weighted by Crippen LogP contribution is -2.49. The Hall–Kier alpha value is -2.86. The molecule has 52 heavy (non-hydrogen) atoms. The van der Waals surface area contributed by atoms with Gasteiger partial charge in [-0.2, -0.15) is 0 Å². The number of nitrogens with zero attached hydrogens (tertiary/aromatic N) is 2. The summed E-state index contributed by atoms with van der Waals surface area (Å²) in [7, 11) is 3.38. The van der Waals surface area contributed by atoms with Crippen LogP contribution in [0.5, 0.6) is 0 Å². The third-order valence-electron chi connectivity index (χ3n) is 11.8. The van der Waals surface area contributed by atoms with Gasteiger partial charge in [-0.05, 0) is 93.7 Å². The zero-order valence-electron chi connectivity index (χ0n) is 32.5. The fourth-order valence-corrected chi connectivity index (χ4v) is 8.25. The molecule has 5 rings (SSSR count). The van der Waals surface area contributed by atoms with Crippen LogP contribution in [-0.4, -0.2) is 99.3 Å². The molecule has 10 heteroatoms. The molecule has 5 aliphatic rings. The number of hydrogen-bond donors (Lipinski definition) is 4. The first-order valence-electron chi connectivity index (χ1n) is 19.5. The summed E-state index contributed by atoms with van der Waals surface area (Å²) >= 11 is 0. The molecule has 6 atom stereocenters. The summed E-state index contributed by atoms with van der Waals surface area (Å²) < 4.78 is 24.1. The Morgan fingerprint density at radius 3 is 2.19 bits per heavy atom. The Labute approximate surface area is 311 Å². The van der Waals surface area contributed by atoms with Crippen LogP contribution in [0.25, 0.3) is 0 Å². The Balaban J connectivity index is 1.16. The van der Waals surface area contributed by atoms with Crippen molar-refractivity contribution in [1.82, 2.24) is 10.6 Å². The van der Waals surface area contributed by atoms with Gasteiger partial charge in [0.1, 0.15) is 13.2 Å². The molecular formula is C42H64N4O6. The van der Waals surface area contributed by atoms with Crippen LogP contribution >= 0.6 is 0 Å². The lowest BCUT2D eigenvalue weighted by Gasteiger charge is -2.32. The van der Waals surface area contributed by atoms with Crippen molar-refractivity contribution >= 4 is 11.8 Å². The molecule has 1 saturated carbocycles. The number of nitrogens with one attached hydrogen (secondary N) is 2. The maximum Gasteiger partial charge on any atom is 0.211 e. The Kier molecular flexibility index (Phi) is 14.7. The highest BCUT2D eigenvalue weighted by Crippen LogP contribution is 2.39. The maximum atomic E-state index is 10.0. The Morgan fingerprint density at radius 2 is 1.58 bits per heavy atom. The minimum atomic E-state index is -0.341. The smallest absolute Gasteiger partial charge is 0.211 e. The van der Waals surface area contributed by atoms with E-state index in [-0.39, 0.29) is 54.5 Å². The van der Waals surface area contributed by atoms with E-state index in [4.69, 9.17) is 28.9 Å². The monoisotopic (exact) mass is 720 g/mol. The van der Waals surface area contributed by atoms with E-state index in [1.54, 1.807) is 14.2 Å². The molecule has 6 unspecified atom stereocenters. The third-order valence-corrected chi connectivity index (χ3v) is 11.8. The summed E-state index contributed by atoms with van der Waals surface area (Å²) in [5, 5.41) is 27.1. The third kappa shape index (κ3) is 10.0. The summed E-state index contributed by atoms with van der Waals surface area (Å²) in [6.07, 6.45) is 23.5. The van der Waals surface area contributed by atoms with Crippen molar-refractivity contribution in [3.63, 3.8) is 0 Å². The van der Waals surface area contributed by atoms with E-state index >= 15 is 0 Å². The number of rotatable bonds is 17. The van der Waals surface area contributed by atoms with Gasteiger partial charge in [0.25, 0.3) is 0 Å². The standard InChI is InChI=1S/C42H64N4O6/c1-7-20-41(4,27-47)43-23-31-16-18-37(45-39(31)49-5)51-25-33-12-10-14-35(29(33)2)36-15-11-13-34(30(36)3)26-52-38-19-17-32(40(46-38)50-6)24-44-42(28-48)21-8-9-22-42/h11,13-14,16-19,31-32,36,39-40,43-44,47-48H,7-10,12,15,20-28H2,1-6H3. The zero-order valence-corrected chi connectivity index (χ0v) is 32.5. The largest absolute Gasteiger partial charge is 0.473 e. The minimum absolute atomic E-state index is 0.0564. The van der Waals surface area contributed by atoms with Crippen LogP contribution in [0.15, 0.2) is 80.4 Å². The molecule has 0 aromatic heterocycles. The number of aliphatic hydroxyl groups excluding tert-OH is 2. The van der Waals surface area contributed by atoms with Crippen molar-refractivity contribution in [1.29, 1.82) is 0 Å². The van der Waals surface area contributed by atoms with Crippen LogP contribution in [0, 0.1) is 17.8 Å². The second-order valence-corrected chi connectivity index (χ2v) is 15.5. The molecule has 0 aromatic carbocycles. The molecule has 0 radical (unpaired) electrons. The van der Waals surface area contributed by atoms with Crippen LogP contribution < -0.4 is 10.6 Å². The zero-order chi connectivity index (χ0) is 37.1. The lowest BCUT2D eigenvalue weighted by molar-refractivity contribution is 0.0645. The second kappa shape index (κ2) is 18.9. The number of ether oxygens (including phenoxy) is 4. The van der Waals surface area contributed by atoms with Crippen molar-refractivity contribution in [3.05, 3.63) is 70.4 Å². The average Bonchev–Trinajstić information content (AvgIpc) is 3.65. The van der Waals surface area contributed by atoms with Gasteiger partial charge in [-0.15, -0.1) is 0 Å². The van der Waals surface area contributed by atoms with Crippen molar-refractivity contribution in [2.24, 2.45) is 27.7 Å². The number of aliphatic hydroxyl groups is 2. The van der Waals surface area contributed by atoms with Crippen LogP contribution in [-0.2, 0) is 18.9 Å². The molecule has 10 nitrogen and oxygen atoms in total. The van der Waals surface area contributed by atoms with E-state index in [1.807, 2.05) is 12.2 Å². The van der Waals surface area contributed by atoms with Gasteiger partial charge in [-0.1, -0.05) is 62.1 Å². The Morgan fingerprint density at radius 1 is 0.923 bits per heavy atom. The van der Waals surface area contributed by atoms with E-state index in [1.165, 1.54) is 27.9 Å². The van der Waals surface area contributed by atoms with Crippen molar-refractivity contribution in [2.45, 2.75) is 109 Å². The van der Waals surface area contributed by atoms with Crippen LogP contribution in [0.3, 0.4) is 0 Å². The Bertz CT molecular complexity index is 1470. The highest BCUT2D eigenvalue weighted by atomic mass is 16.5. The van der Waals surface area contributed by atoms with Gasteiger partial charge in [0.05, 0.1) is 13.2 Å². The molecule has 0 bridgehead atoms. The highest BCUT2D eigenvalue weighted by Gasteiger charge is 2.35. The quantitative estimate of drug-likeness (QED) is 0.142. The number of allylic oxidation sites excluding steroid dienone is 5. The highest BCUT2D eigenvalue weighted by molar-refractivity contribution is 5.89. The number of dihydropyridines is 2. The van der Waals surface area contributed by atoms with E-state index < -0.39 is 0 Å². The number of aliphatic imine (C=N–C) groups is 2. The topological polar surface area (TPSA) is 126 Å². The molecule has 2 heterocycles. The molecule has 4 N–H and O–H groups in total. The summed E-state index contributed by atoms with van der Waals surface area (Å²) in [6.45, 7) is 11.2. The molecule has 288 valence electrons. The first-order chi connectivity index (χ1) is 25.2. The summed E-state index contributed by atoms with van der Waals surface area (Å²) in [6, 6.07) is 0. The van der Waals surface area contributed by atoms with Crippen LogP contribution in [0.2, 0.25) is 0 Å². The normalized spacial score (nSPS) is 28.5. The summed E-state index contributed by atoms with van der Waals surface area (Å²) in [4.78, 5) is 9.57. The van der Waals surface area contributed by atoms with Crippen molar-refractivity contribution < 1.29 is 29.2 Å². The van der Waals surface area contributed by atoms with E-state index in [2.05, 4.69) is 68.7 Å². The van der Waals surface area contributed by atoms with Gasteiger partial charge in [0, 0.05) is 56.1 Å². The molecule has 3 aliphatic carbocycles. The van der Waals surface area contributed by atoms with Gasteiger partial charge >= 0.3 is 0 Å². The van der Waals surface area contributed by atoms with E-state index in [0.29, 0.717) is 38.1 Å². The van der Waals surface area contributed by atoms with E-state index in [0.717, 1.165) is 57.8 Å². The maximum absolute atomic E-state index is 10.0. The van der Waals surface area contributed by atoms with E-state index in [9.17, 15) is 10.2 Å². The van der Waals surface area contributed by atoms with Gasteiger partial charge < -0.3 is 39.8 Å². The molecule has 1 fully saturated rings. The molecule has 0 saturated heterocycles. The lowest BCUT2D eigenvalue weighted by atomic mass is 9.76. The molecular weight excluding hydrogens is 656 g/mol. The van der Waals surface area contributed by atoms with Crippen molar-refractivity contribution in [2.75, 3.05) is 53.7 Å². The SMILES string of the molecule is CCCC(C)(CO)NCC1C=CC(OCC2=C(C)C(C3CC=CC(COC4=NC(OC)C(CNC5(CO)CCCC5)C=C4)=C3C)=CCC2)=NC1OC. The predicted molar refractivity (Wildman–Crippen MR) is 208 cm³/mol. The van der Waals surface area contributed by atoms with Gasteiger partial charge in [-0.25, -0.2) is 9.98 Å². The minimum Gasteiger partial charge on any atom is -0.473 e. The average molecular weight is 721 g/mol. The predicted octanol–water partition coefficient (Wildman–Crippen LogP) is 6.10. The van der Waals surface area contributed by atoms with Gasteiger partial charge in [-0.3, -0.25) is 0 Å². The second-order valence-electron chi connectivity index (χ2n) is 15.5. The molecule has 2 aliphatic heterocycles. The van der Waals surface area contributed by atoms with Crippen molar-refractivity contribution in [3.8, 4) is 0 Å². The first kappa shape index (κ1) is 40.3. The molecule has 0 aromatic rings. The summed E-state index contributed by atoms with van der Waals surface area (Å²) in [5.41, 5.74) is 6.00. The molecule has 0 spiro atoms. The van der Waals surface area contributed by atoms with Crippen LogP contribution in [0.1, 0.15) is 85.5 Å². The number of hydrogen-bond acceptors (Lipinski definition) is 10. The number of methoxy groups -OCH3 is 2. The first-order valence-corrected chi connectivity index (χ1v) is 19.5. The fraction of sp³-hybridized carbons (Fsp3) is 0.667. The van der Waals surface area contributed by atoms with Gasteiger partial charge in [0.15, 0.2) is 12.5 Å². The summed E-state index contributed by atoms with van der Waals surface area (Å²) in [5.74, 6) is 1.60. The van der Waals surface area contributed by atoms with Crippen LogP contribution in [0.4, 0.5) is 0 Å².